The van der Waals surface area contributed by atoms with E-state index in [0.717, 1.165) is 31.7 Å². The van der Waals surface area contributed by atoms with Crippen molar-refractivity contribution in [1.29, 1.82) is 0 Å². The number of non-ortho nitro benzene ring substituents is 1. The van der Waals surface area contributed by atoms with Crippen molar-refractivity contribution in [3.63, 3.8) is 0 Å². The second kappa shape index (κ2) is 8.42. The van der Waals surface area contributed by atoms with Crippen molar-refractivity contribution >= 4 is 17.9 Å². The number of hydrogen-bond acceptors (Lipinski definition) is 5. The van der Waals surface area contributed by atoms with E-state index in [1.807, 2.05) is 11.8 Å². The number of amides is 1. The number of benzene rings is 1. The Balaban J connectivity index is 2.02. The summed E-state index contributed by atoms with van der Waals surface area (Å²) in [6.07, 6.45) is 5.99. The summed E-state index contributed by atoms with van der Waals surface area (Å²) in [5, 5.41) is 10.7. The summed E-state index contributed by atoms with van der Waals surface area (Å²) in [6.45, 7) is 2.38. The van der Waals surface area contributed by atoms with Crippen LogP contribution in [-0.2, 0) is 4.79 Å². The molecule has 7 nitrogen and oxygen atoms in total. The topological polar surface area (TPSA) is 89.8 Å². The van der Waals surface area contributed by atoms with Crippen molar-refractivity contribution < 1.29 is 19.2 Å². The molecule has 1 amide bonds. The van der Waals surface area contributed by atoms with Crippen LogP contribution in [-0.4, -0.2) is 41.2 Å². The van der Waals surface area contributed by atoms with Crippen molar-refractivity contribution in [3.05, 3.63) is 33.9 Å². The van der Waals surface area contributed by atoms with Crippen LogP contribution in [0.3, 0.4) is 0 Å². The number of nitrogens with zero attached hydrogens (tertiary/aromatic N) is 2. The molecule has 0 spiro atoms. The minimum absolute atomic E-state index is 0.0673. The van der Waals surface area contributed by atoms with Crippen LogP contribution in [0.2, 0.25) is 0 Å². The van der Waals surface area contributed by atoms with Crippen molar-refractivity contribution in [3.8, 4) is 5.75 Å². The molecule has 7 heteroatoms. The quantitative estimate of drug-likeness (QED) is 0.434. The summed E-state index contributed by atoms with van der Waals surface area (Å²) in [4.78, 5) is 35.5. The molecular formula is C17H22N2O5. The summed E-state index contributed by atoms with van der Waals surface area (Å²) < 4.78 is 5.45. The van der Waals surface area contributed by atoms with Gasteiger partial charge in [0.25, 0.3) is 11.6 Å². The summed E-state index contributed by atoms with van der Waals surface area (Å²) in [5.41, 5.74) is -0.120. The van der Waals surface area contributed by atoms with Crippen molar-refractivity contribution in [2.45, 2.75) is 45.1 Å². The Hall–Kier alpha value is -2.44. The number of rotatable bonds is 7. The molecular weight excluding hydrogens is 312 g/mol. The maximum atomic E-state index is 12.4. The Morgan fingerprint density at radius 2 is 2.08 bits per heavy atom. The van der Waals surface area contributed by atoms with Gasteiger partial charge in [0, 0.05) is 24.7 Å². The molecule has 0 atom stereocenters. The highest BCUT2D eigenvalue weighted by atomic mass is 16.6. The van der Waals surface area contributed by atoms with E-state index < -0.39 is 4.92 Å². The number of likely N-dealkylation sites (N-methyl/N-ethyl adjacent to an activating group) is 1. The van der Waals surface area contributed by atoms with Gasteiger partial charge >= 0.3 is 0 Å². The van der Waals surface area contributed by atoms with Gasteiger partial charge in [0.15, 0.2) is 12.9 Å². The molecule has 0 aliphatic heterocycles. The van der Waals surface area contributed by atoms with Gasteiger partial charge in [-0.1, -0.05) is 19.3 Å². The van der Waals surface area contributed by atoms with Gasteiger partial charge < -0.3 is 9.64 Å². The minimum Gasteiger partial charge on any atom is -0.483 e. The van der Waals surface area contributed by atoms with Gasteiger partial charge in [-0.15, -0.1) is 0 Å². The largest absolute Gasteiger partial charge is 0.483 e. The average Bonchev–Trinajstić information content (AvgIpc) is 2.61. The molecule has 0 aromatic heterocycles. The first-order chi connectivity index (χ1) is 11.6. The second-order valence-electron chi connectivity index (χ2n) is 5.86. The second-order valence-corrected chi connectivity index (χ2v) is 5.86. The molecule has 0 heterocycles. The van der Waals surface area contributed by atoms with E-state index in [1.54, 1.807) is 0 Å². The van der Waals surface area contributed by atoms with Crippen LogP contribution in [0.15, 0.2) is 18.2 Å². The zero-order valence-electron chi connectivity index (χ0n) is 13.8. The number of ether oxygens (including phenoxy) is 1. The first kappa shape index (κ1) is 17.9. The van der Waals surface area contributed by atoms with Crippen LogP contribution < -0.4 is 4.74 Å². The van der Waals surface area contributed by atoms with E-state index in [1.165, 1.54) is 18.6 Å². The predicted octanol–water partition coefficient (Wildman–Crippen LogP) is 2.97. The molecule has 0 bridgehead atoms. The first-order valence-electron chi connectivity index (χ1n) is 8.22. The predicted molar refractivity (Wildman–Crippen MR) is 88.2 cm³/mol. The number of nitro benzene ring substituents is 1. The van der Waals surface area contributed by atoms with Gasteiger partial charge in [0.2, 0.25) is 0 Å². The summed E-state index contributed by atoms with van der Waals surface area (Å²) in [7, 11) is 0. The molecule has 0 saturated heterocycles. The van der Waals surface area contributed by atoms with Gasteiger partial charge in [-0.25, -0.2) is 0 Å². The number of hydrogen-bond donors (Lipinski definition) is 0. The fourth-order valence-corrected chi connectivity index (χ4v) is 3.13. The molecule has 1 aliphatic rings. The van der Waals surface area contributed by atoms with Crippen molar-refractivity contribution in [2.24, 2.45) is 0 Å². The third kappa shape index (κ3) is 4.31. The Morgan fingerprint density at radius 3 is 2.67 bits per heavy atom. The normalized spacial score (nSPS) is 14.9. The van der Waals surface area contributed by atoms with Crippen LogP contribution in [0.5, 0.6) is 5.75 Å². The lowest BCUT2D eigenvalue weighted by molar-refractivity contribution is -0.384. The molecule has 0 N–H and O–H groups in total. The van der Waals surface area contributed by atoms with Gasteiger partial charge in [0.1, 0.15) is 5.75 Å². The van der Waals surface area contributed by atoms with Gasteiger partial charge in [-0.05, 0) is 25.8 Å². The lowest BCUT2D eigenvalue weighted by Crippen LogP contribution is -2.43. The molecule has 0 unspecified atom stereocenters. The van der Waals surface area contributed by atoms with E-state index in [-0.39, 0.29) is 35.6 Å². The lowest BCUT2D eigenvalue weighted by Gasteiger charge is -2.33. The monoisotopic (exact) mass is 334 g/mol. The van der Waals surface area contributed by atoms with E-state index >= 15 is 0 Å². The molecule has 1 aliphatic carbocycles. The average molecular weight is 334 g/mol. The smallest absolute Gasteiger partial charge is 0.270 e. The van der Waals surface area contributed by atoms with Crippen LogP contribution in [0, 0.1) is 10.1 Å². The maximum Gasteiger partial charge on any atom is 0.270 e. The maximum absolute atomic E-state index is 12.4. The summed E-state index contributed by atoms with van der Waals surface area (Å²) in [6, 6.07) is 4.01. The molecule has 1 aromatic carbocycles. The van der Waals surface area contributed by atoms with Crippen LogP contribution in [0.1, 0.15) is 49.4 Å². The van der Waals surface area contributed by atoms with E-state index in [2.05, 4.69) is 0 Å². The number of carbonyl (C=O) groups is 2. The Labute approximate surface area is 140 Å². The summed E-state index contributed by atoms with van der Waals surface area (Å²) in [5.74, 6) is 0.0586. The van der Waals surface area contributed by atoms with Crippen molar-refractivity contribution in [1.82, 2.24) is 4.90 Å². The molecule has 1 aromatic rings. The van der Waals surface area contributed by atoms with E-state index in [9.17, 15) is 19.7 Å². The Morgan fingerprint density at radius 1 is 1.38 bits per heavy atom. The van der Waals surface area contributed by atoms with E-state index in [0.29, 0.717) is 12.8 Å². The third-order valence-electron chi connectivity index (χ3n) is 4.36. The minimum atomic E-state index is -0.580. The zero-order valence-corrected chi connectivity index (χ0v) is 13.8. The van der Waals surface area contributed by atoms with Crippen molar-refractivity contribution in [2.75, 3.05) is 13.2 Å². The highest BCUT2D eigenvalue weighted by Gasteiger charge is 2.24. The van der Waals surface area contributed by atoms with Crippen LogP contribution in [0.25, 0.3) is 0 Å². The molecule has 0 radical (unpaired) electrons. The highest BCUT2D eigenvalue weighted by molar-refractivity contribution is 5.82. The fraction of sp³-hybridized carbons (Fsp3) is 0.529. The van der Waals surface area contributed by atoms with Gasteiger partial charge in [0.05, 0.1) is 10.5 Å². The SMILES string of the molecule is CCN(C(=O)COc1ccc([N+](=O)[O-])cc1C=O)C1CCCCC1. The fourth-order valence-electron chi connectivity index (χ4n) is 3.13. The Kier molecular flexibility index (Phi) is 6.28. The number of carbonyl (C=O) groups excluding carboxylic acids is 2. The highest BCUT2D eigenvalue weighted by Crippen LogP contribution is 2.24. The third-order valence-corrected chi connectivity index (χ3v) is 4.36. The summed E-state index contributed by atoms with van der Waals surface area (Å²) >= 11 is 0. The van der Waals surface area contributed by atoms with Gasteiger partial charge in [-0.3, -0.25) is 19.7 Å². The zero-order chi connectivity index (χ0) is 17.5. The molecule has 1 saturated carbocycles. The number of nitro groups is 1. The van der Waals surface area contributed by atoms with Gasteiger partial charge in [-0.2, -0.15) is 0 Å². The molecule has 130 valence electrons. The van der Waals surface area contributed by atoms with E-state index in [4.69, 9.17) is 4.74 Å². The molecule has 24 heavy (non-hydrogen) atoms. The Bertz CT molecular complexity index is 611. The lowest BCUT2D eigenvalue weighted by atomic mass is 9.94. The first-order valence-corrected chi connectivity index (χ1v) is 8.22. The number of aldehydes is 1. The van der Waals surface area contributed by atoms with Crippen LogP contribution in [0.4, 0.5) is 5.69 Å². The standard InChI is InChI=1S/C17H22N2O5/c1-2-18(14-6-4-3-5-7-14)17(21)12-24-16-9-8-15(19(22)23)10-13(16)11-20/h8-11,14H,2-7,12H2,1H3. The van der Waals surface area contributed by atoms with Crippen LogP contribution >= 0.6 is 0 Å². The molecule has 1 fully saturated rings. The molecule has 2 rings (SSSR count).